The number of rotatable bonds is 9. The summed E-state index contributed by atoms with van der Waals surface area (Å²) < 4.78 is 0. The molecular weight excluding hydrogens is 224 g/mol. The second-order valence-electron chi connectivity index (χ2n) is 4.40. The van der Waals surface area contributed by atoms with E-state index in [0.717, 1.165) is 18.1 Å². The van der Waals surface area contributed by atoms with Crippen LogP contribution in [-0.2, 0) is 4.79 Å². The van der Waals surface area contributed by atoms with E-state index in [1.54, 1.807) is 0 Å². The van der Waals surface area contributed by atoms with Gasteiger partial charge in [-0.2, -0.15) is 0 Å². The number of carbonyl (C=O) groups is 1. The zero-order valence-corrected chi connectivity index (χ0v) is 12.0. The fraction of sp³-hybridized carbons (Fsp3) is 0.917. The lowest BCUT2D eigenvalue weighted by molar-refractivity contribution is -0.122. The maximum Gasteiger partial charge on any atom is 0.135 e. The third-order valence-electron chi connectivity index (χ3n) is 2.06. The molecule has 0 rings (SSSR count). The Bertz CT molecular complexity index is 167. The summed E-state index contributed by atoms with van der Waals surface area (Å²) >= 11 is 0. The van der Waals surface area contributed by atoms with Crippen LogP contribution in [0.25, 0.3) is 0 Å². The van der Waals surface area contributed by atoms with Crippen LogP contribution in [-0.4, -0.2) is 16.8 Å². The highest BCUT2D eigenvalue weighted by atomic mass is 33.1. The predicted molar refractivity (Wildman–Crippen MR) is 73.5 cm³/mol. The molecule has 0 N–H and O–H groups in total. The van der Waals surface area contributed by atoms with Gasteiger partial charge < -0.3 is 0 Å². The first-order chi connectivity index (χ1) is 7.04. The first kappa shape index (κ1) is 15.4. The fourth-order valence-electron chi connectivity index (χ4n) is 1.11. The van der Waals surface area contributed by atoms with Crippen LogP contribution in [0.2, 0.25) is 0 Å². The summed E-state index contributed by atoms with van der Waals surface area (Å²) in [5, 5.41) is 0.720. The smallest absolute Gasteiger partial charge is 0.135 e. The van der Waals surface area contributed by atoms with Crippen LogP contribution in [0, 0.1) is 5.92 Å². The normalized spacial score (nSPS) is 11.3. The van der Waals surface area contributed by atoms with Crippen molar-refractivity contribution in [3.8, 4) is 0 Å². The van der Waals surface area contributed by atoms with Gasteiger partial charge in [-0.3, -0.25) is 4.79 Å². The molecule has 90 valence electrons. The Hall–Kier alpha value is 0.370. The van der Waals surface area contributed by atoms with E-state index in [1.165, 1.54) is 18.6 Å². The molecule has 1 nitrogen and oxygen atoms in total. The number of hydrogen-bond acceptors (Lipinski definition) is 3. The second kappa shape index (κ2) is 9.59. The van der Waals surface area contributed by atoms with Crippen LogP contribution in [0.3, 0.4) is 0 Å². The Balaban J connectivity index is 3.15. The Labute approximate surface area is 103 Å². The third kappa shape index (κ3) is 10.6. The molecule has 0 aromatic heterocycles. The zero-order valence-electron chi connectivity index (χ0n) is 10.4. The largest absolute Gasteiger partial charge is 0.299 e. The van der Waals surface area contributed by atoms with Crippen LogP contribution in [0.1, 0.15) is 53.4 Å². The van der Waals surface area contributed by atoms with E-state index in [-0.39, 0.29) is 5.92 Å². The lowest BCUT2D eigenvalue weighted by atomic mass is 10.0. The maximum absolute atomic E-state index is 11.3. The van der Waals surface area contributed by atoms with Crippen LogP contribution in [0.15, 0.2) is 0 Å². The van der Waals surface area contributed by atoms with E-state index in [0.29, 0.717) is 5.78 Å². The quantitative estimate of drug-likeness (QED) is 0.440. The van der Waals surface area contributed by atoms with E-state index in [1.807, 2.05) is 35.4 Å². The van der Waals surface area contributed by atoms with Crippen molar-refractivity contribution in [1.29, 1.82) is 0 Å². The Morgan fingerprint density at radius 2 is 1.73 bits per heavy atom. The minimum absolute atomic E-state index is 0.218. The highest BCUT2D eigenvalue weighted by Gasteiger charge is 2.05. The average Bonchev–Trinajstić information content (AvgIpc) is 2.15. The highest BCUT2D eigenvalue weighted by Crippen LogP contribution is 2.27. The highest BCUT2D eigenvalue weighted by molar-refractivity contribution is 8.76. The molecule has 0 aromatic rings. The van der Waals surface area contributed by atoms with Crippen molar-refractivity contribution in [3.63, 3.8) is 0 Å². The minimum atomic E-state index is 0.218. The van der Waals surface area contributed by atoms with Crippen LogP contribution in [0.5, 0.6) is 0 Å². The molecule has 15 heavy (non-hydrogen) atoms. The number of ketones is 1. The topological polar surface area (TPSA) is 17.1 Å². The van der Waals surface area contributed by atoms with Gasteiger partial charge in [-0.05, 0) is 12.8 Å². The monoisotopic (exact) mass is 248 g/mol. The zero-order chi connectivity index (χ0) is 11.7. The molecular formula is C12H24OS2. The van der Waals surface area contributed by atoms with Crippen LogP contribution in [0.4, 0.5) is 0 Å². The molecule has 0 aliphatic heterocycles. The summed E-state index contributed by atoms with van der Waals surface area (Å²) in [6, 6.07) is 0. The van der Waals surface area contributed by atoms with Gasteiger partial charge in [0, 0.05) is 23.3 Å². The molecule has 0 aromatic carbocycles. The summed E-state index contributed by atoms with van der Waals surface area (Å²) in [5.41, 5.74) is 0. The number of carbonyl (C=O) groups excluding carboxylic acids is 1. The molecule has 0 unspecified atom stereocenters. The summed E-state index contributed by atoms with van der Waals surface area (Å²) in [6.07, 6.45) is 4.30. The Morgan fingerprint density at radius 3 is 2.27 bits per heavy atom. The second-order valence-corrected chi connectivity index (χ2v) is 7.46. The first-order valence-corrected chi connectivity index (χ1v) is 8.23. The Kier molecular flexibility index (Phi) is 9.82. The fourth-order valence-corrected chi connectivity index (χ4v) is 3.26. The van der Waals surface area contributed by atoms with Gasteiger partial charge in [-0.15, -0.1) is 0 Å². The van der Waals surface area contributed by atoms with Gasteiger partial charge in [-0.25, -0.2) is 0 Å². The lowest BCUT2D eigenvalue weighted by Gasteiger charge is -2.05. The molecule has 0 heterocycles. The SMILES string of the molecule is CC(C)SSCCCCCC(=O)C(C)C. The lowest BCUT2D eigenvalue weighted by Crippen LogP contribution is -2.06. The van der Waals surface area contributed by atoms with E-state index >= 15 is 0 Å². The molecule has 3 heteroatoms. The molecule has 0 saturated carbocycles. The van der Waals surface area contributed by atoms with Gasteiger partial charge in [0.15, 0.2) is 0 Å². The summed E-state index contributed by atoms with van der Waals surface area (Å²) in [6.45, 7) is 8.41. The molecule has 0 atom stereocenters. The average molecular weight is 248 g/mol. The molecule has 0 aliphatic rings. The number of Topliss-reactive ketones (excluding diaryl/α,β-unsaturated/α-hetero) is 1. The van der Waals surface area contributed by atoms with Gasteiger partial charge in [0.2, 0.25) is 0 Å². The molecule has 0 spiro atoms. The summed E-state index contributed by atoms with van der Waals surface area (Å²) in [5.74, 6) is 1.86. The van der Waals surface area contributed by atoms with Crippen LogP contribution >= 0.6 is 21.6 Å². The van der Waals surface area contributed by atoms with Crippen LogP contribution < -0.4 is 0 Å². The van der Waals surface area contributed by atoms with Crippen molar-refractivity contribution in [2.24, 2.45) is 5.92 Å². The standard InChI is InChI=1S/C12H24OS2/c1-10(2)12(13)8-6-5-7-9-14-15-11(3)4/h10-11H,5-9H2,1-4H3. The van der Waals surface area contributed by atoms with E-state index in [4.69, 9.17) is 0 Å². The predicted octanol–water partition coefficient (Wildman–Crippen LogP) is 4.56. The molecule has 0 amide bonds. The molecule has 0 aliphatic carbocycles. The van der Waals surface area contributed by atoms with Crippen molar-refractivity contribution in [3.05, 3.63) is 0 Å². The summed E-state index contributed by atoms with van der Waals surface area (Å²) in [4.78, 5) is 11.3. The van der Waals surface area contributed by atoms with E-state index < -0.39 is 0 Å². The first-order valence-electron chi connectivity index (χ1n) is 5.85. The Morgan fingerprint density at radius 1 is 1.07 bits per heavy atom. The number of unbranched alkanes of at least 4 members (excludes halogenated alkanes) is 2. The number of hydrogen-bond donors (Lipinski definition) is 0. The summed E-state index contributed by atoms with van der Waals surface area (Å²) in [7, 11) is 3.91. The van der Waals surface area contributed by atoms with Crippen molar-refractivity contribution in [2.45, 2.75) is 58.6 Å². The van der Waals surface area contributed by atoms with Gasteiger partial charge in [0.25, 0.3) is 0 Å². The van der Waals surface area contributed by atoms with Crippen molar-refractivity contribution < 1.29 is 4.79 Å². The van der Waals surface area contributed by atoms with Crippen molar-refractivity contribution >= 4 is 27.4 Å². The van der Waals surface area contributed by atoms with E-state index in [2.05, 4.69) is 13.8 Å². The van der Waals surface area contributed by atoms with Crippen molar-refractivity contribution in [1.82, 2.24) is 0 Å². The third-order valence-corrected chi connectivity index (χ3v) is 5.09. The van der Waals surface area contributed by atoms with Gasteiger partial charge >= 0.3 is 0 Å². The molecule has 0 bridgehead atoms. The van der Waals surface area contributed by atoms with Crippen molar-refractivity contribution in [2.75, 3.05) is 5.75 Å². The molecule has 0 radical (unpaired) electrons. The maximum atomic E-state index is 11.3. The molecule has 0 fully saturated rings. The van der Waals surface area contributed by atoms with Gasteiger partial charge in [-0.1, -0.05) is 55.7 Å². The van der Waals surface area contributed by atoms with Gasteiger partial charge in [0.05, 0.1) is 0 Å². The van der Waals surface area contributed by atoms with E-state index in [9.17, 15) is 4.79 Å². The minimum Gasteiger partial charge on any atom is -0.299 e. The molecule has 0 saturated heterocycles. The van der Waals surface area contributed by atoms with Gasteiger partial charge in [0.1, 0.15) is 5.78 Å².